The van der Waals surface area contributed by atoms with Gasteiger partial charge in [0.15, 0.2) is 0 Å². The highest BCUT2D eigenvalue weighted by molar-refractivity contribution is 6.30. The minimum absolute atomic E-state index is 0.283. The second-order valence-corrected chi connectivity index (χ2v) is 10.0. The van der Waals surface area contributed by atoms with E-state index in [4.69, 9.17) is 0 Å². The van der Waals surface area contributed by atoms with Crippen molar-refractivity contribution in [3.63, 3.8) is 0 Å². The Labute approximate surface area is 200 Å². The lowest BCUT2D eigenvalue weighted by Gasteiger charge is -2.21. The van der Waals surface area contributed by atoms with E-state index in [0.717, 1.165) is 0 Å². The maximum Gasteiger partial charge on any atom is 0.258 e. The average Bonchev–Trinajstić information content (AvgIpc) is 3.43. The van der Waals surface area contributed by atoms with E-state index >= 15 is 0 Å². The summed E-state index contributed by atoms with van der Waals surface area (Å²) in [6.45, 7) is 0. The molecule has 0 saturated heterocycles. The Bertz CT molecular complexity index is 1090. The van der Waals surface area contributed by atoms with Crippen molar-refractivity contribution < 1.29 is 9.59 Å². The molecule has 0 unspecified atom stereocenters. The van der Waals surface area contributed by atoms with Crippen LogP contribution in [0.5, 0.6) is 0 Å². The fourth-order valence-corrected chi connectivity index (χ4v) is 6.03. The summed E-state index contributed by atoms with van der Waals surface area (Å²) in [7, 11) is 0. The van der Waals surface area contributed by atoms with Crippen molar-refractivity contribution >= 4 is 23.2 Å². The summed E-state index contributed by atoms with van der Waals surface area (Å²) in [4.78, 5) is 35.1. The molecule has 6 nitrogen and oxygen atoms in total. The number of nitrogens with one attached hydrogen (secondary N) is 2. The third-order valence-electron chi connectivity index (χ3n) is 7.92. The molecule has 2 fully saturated rings. The highest BCUT2D eigenvalue weighted by Crippen LogP contribution is 2.38. The molecule has 2 aromatic rings. The fraction of sp³-hybridized carbons (Fsp3) is 0.429. The van der Waals surface area contributed by atoms with Crippen molar-refractivity contribution in [3.05, 3.63) is 70.3 Å². The van der Waals surface area contributed by atoms with Gasteiger partial charge in [-0.05, 0) is 60.8 Å². The van der Waals surface area contributed by atoms with Crippen LogP contribution in [0, 0.1) is 0 Å². The van der Waals surface area contributed by atoms with Gasteiger partial charge in [0.2, 0.25) is 0 Å². The largest absolute Gasteiger partial charge is 0.319 e. The zero-order chi connectivity index (χ0) is 23.1. The molecule has 0 atom stereocenters. The van der Waals surface area contributed by atoms with Crippen LogP contribution in [0.1, 0.15) is 98.6 Å². The van der Waals surface area contributed by atoms with Crippen LogP contribution in [0.15, 0.2) is 47.8 Å². The molecule has 2 aromatic heterocycles. The van der Waals surface area contributed by atoms with Crippen molar-refractivity contribution in [1.29, 1.82) is 0 Å². The van der Waals surface area contributed by atoms with Crippen molar-refractivity contribution in [1.82, 2.24) is 20.6 Å². The van der Waals surface area contributed by atoms with Gasteiger partial charge in [-0.15, -0.1) is 0 Å². The van der Waals surface area contributed by atoms with Gasteiger partial charge < -0.3 is 10.6 Å². The lowest BCUT2D eigenvalue weighted by atomic mass is 9.85. The Hall–Kier alpha value is -3.28. The number of pyridine rings is 2. The second-order valence-electron chi connectivity index (χ2n) is 10.0. The normalized spacial score (nSPS) is 21.6. The molecular formula is C28H30N4O2. The number of hydrogen-bond donors (Lipinski definition) is 2. The molecule has 2 amide bonds. The number of nitrogens with zero attached hydrogens (tertiary/aromatic N) is 2. The third kappa shape index (κ3) is 3.75. The molecule has 2 saturated carbocycles. The van der Waals surface area contributed by atoms with Crippen molar-refractivity contribution in [3.8, 4) is 0 Å². The molecule has 4 aliphatic rings. The zero-order valence-corrected chi connectivity index (χ0v) is 19.4. The Kier molecular flexibility index (Phi) is 5.52. The number of carbonyl (C=O) groups is 2. The SMILES string of the molecule is O=C1NC(c2ccc(C3CCCCC3)cn2)=C2C(=O)NC(c3ccc(C4CCCCC4)cn3)=C12. The minimum atomic E-state index is -0.283. The number of fused-ring (bicyclic) bond motifs is 1. The number of aromatic nitrogens is 2. The molecule has 174 valence electrons. The van der Waals surface area contributed by atoms with E-state index in [2.05, 4.69) is 32.7 Å². The van der Waals surface area contributed by atoms with Crippen LogP contribution in [0.2, 0.25) is 0 Å². The molecule has 4 heterocycles. The predicted molar refractivity (Wildman–Crippen MR) is 130 cm³/mol. The molecule has 2 N–H and O–H groups in total. The maximum atomic E-state index is 12.9. The smallest absolute Gasteiger partial charge is 0.258 e. The standard InChI is InChI=1S/C28H30N4O2/c33-27-23-24(26(32-27)22-14-12-20(16-30-22)18-9-5-2-6-10-18)28(34)31-25(23)21-13-11-19(15-29-21)17-7-3-1-4-8-17/h11-18H,1-10H2,(H,31,34)(H,32,33). The summed E-state index contributed by atoms with van der Waals surface area (Å²) < 4.78 is 0. The first-order valence-electron chi connectivity index (χ1n) is 12.7. The first kappa shape index (κ1) is 21.3. The van der Waals surface area contributed by atoms with E-state index in [1.165, 1.54) is 75.3 Å². The van der Waals surface area contributed by atoms with Gasteiger partial charge in [0, 0.05) is 12.4 Å². The maximum absolute atomic E-state index is 12.9. The van der Waals surface area contributed by atoms with Gasteiger partial charge in [-0.1, -0.05) is 50.7 Å². The van der Waals surface area contributed by atoms with Crippen molar-refractivity contribution in [2.24, 2.45) is 0 Å². The minimum Gasteiger partial charge on any atom is -0.319 e. The molecule has 0 bridgehead atoms. The lowest BCUT2D eigenvalue weighted by molar-refractivity contribution is -0.117. The second kappa shape index (κ2) is 8.82. The summed E-state index contributed by atoms with van der Waals surface area (Å²) in [6.07, 6.45) is 16.3. The molecule has 34 heavy (non-hydrogen) atoms. The van der Waals surface area contributed by atoms with E-state index in [1.807, 2.05) is 24.5 Å². The monoisotopic (exact) mass is 454 g/mol. The van der Waals surface area contributed by atoms with Gasteiger partial charge in [-0.25, -0.2) is 0 Å². The van der Waals surface area contributed by atoms with E-state index in [1.54, 1.807) is 0 Å². The van der Waals surface area contributed by atoms with E-state index in [-0.39, 0.29) is 11.8 Å². The van der Waals surface area contributed by atoms with Crippen LogP contribution < -0.4 is 10.6 Å². The molecule has 6 heteroatoms. The molecule has 2 aliphatic heterocycles. The van der Waals surface area contributed by atoms with E-state index in [9.17, 15) is 9.59 Å². The van der Waals surface area contributed by atoms with Crippen LogP contribution in [-0.2, 0) is 9.59 Å². The first-order valence-corrected chi connectivity index (χ1v) is 12.7. The average molecular weight is 455 g/mol. The van der Waals surface area contributed by atoms with Crippen molar-refractivity contribution in [2.75, 3.05) is 0 Å². The van der Waals surface area contributed by atoms with Gasteiger partial charge in [-0.3, -0.25) is 19.6 Å². The van der Waals surface area contributed by atoms with Gasteiger partial charge in [0.05, 0.1) is 33.9 Å². The van der Waals surface area contributed by atoms with Crippen LogP contribution in [-0.4, -0.2) is 21.8 Å². The number of amides is 2. The summed E-state index contributed by atoms with van der Waals surface area (Å²) in [5, 5.41) is 5.79. The van der Waals surface area contributed by atoms with Crippen LogP contribution in [0.3, 0.4) is 0 Å². The Balaban J connectivity index is 1.30. The number of rotatable bonds is 4. The molecule has 0 aromatic carbocycles. The van der Waals surface area contributed by atoms with Crippen LogP contribution in [0.4, 0.5) is 0 Å². The van der Waals surface area contributed by atoms with Gasteiger partial charge in [0.1, 0.15) is 0 Å². The third-order valence-corrected chi connectivity index (χ3v) is 7.92. The highest BCUT2D eigenvalue weighted by Gasteiger charge is 2.41. The van der Waals surface area contributed by atoms with E-state index in [0.29, 0.717) is 45.8 Å². The summed E-state index contributed by atoms with van der Waals surface area (Å²) >= 11 is 0. The van der Waals surface area contributed by atoms with Crippen molar-refractivity contribution in [2.45, 2.75) is 76.0 Å². The fourth-order valence-electron chi connectivity index (χ4n) is 6.03. The summed E-state index contributed by atoms with van der Waals surface area (Å²) in [6, 6.07) is 8.05. The zero-order valence-electron chi connectivity index (χ0n) is 19.4. The molecule has 6 rings (SSSR count). The number of carbonyl (C=O) groups excluding carboxylic acids is 2. The molecule has 2 aliphatic carbocycles. The molecular weight excluding hydrogens is 424 g/mol. The quantitative estimate of drug-likeness (QED) is 0.684. The Morgan fingerprint density at radius 2 is 1.00 bits per heavy atom. The van der Waals surface area contributed by atoms with Crippen LogP contribution >= 0.6 is 0 Å². The Morgan fingerprint density at radius 3 is 1.35 bits per heavy atom. The molecule has 0 radical (unpaired) electrons. The summed E-state index contributed by atoms with van der Waals surface area (Å²) in [5.74, 6) is 0.556. The number of hydrogen-bond acceptors (Lipinski definition) is 4. The van der Waals surface area contributed by atoms with Gasteiger partial charge in [-0.2, -0.15) is 0 Å². The van der Waals surface area contributed by atoms with Gasteiger partial charge in [0.25, 0.3) is 11.8 Å². The van der Waals surface area contributed by atoms with Crippen LogP contribution in [0.25, 0.3) is 11.4 Å². The first-order chi connectivity index (χ1) is 16.7. The Morgan fingerprint density at radius 1 is 0.588 bits per heavy atom. The van der Waals surface area contributed by atoms with Gasteiger partial charge >= 0.3 is 0 Å². The highest BCUT2D eigenvalue weighted by atomic mass is 16.2. The topological polar surface area (TPSA) is 84.0 Å². The van der Waals surface area contributed by atoms with E-state index < -0.39 is 0 Å². The predicted octanol–water partition coefficient (Wildman–Crippen LogP) is 4.95. The molecule has 0 spiro atoms. The summed E-state index contributed by atoms with van der Waals surface area (Å²) in [5.41, 5.74) is 5.45. The lowest BCUT2D eigenvalue weighted by Crippen LogP contribution is -2.22.